The van der Waals surface area contributed by atoms with Crippen molar-refractivity contribution in [3.05, 3.63) is 28.0 Å². The van der Waals surface area contributed by atoms with Gasteiger partial charge in [0.15, 0.2) is 11.6 Å². The minimum absolute atomic E-state index is 0.0191. The molecule has 2 nitrogen and oxygen atoms in total. The number of alkyl halides is 2. The molecule has 6 heteroatoms. The first-order valence-corrected chi connectivity index (χ1v) is 4.18. The lowest BCUT2D eigenvalue weighted by Gasteiger charge is -2.07. The number of rotatable bonds is 2. The molecule has 0 saturated carbocycles. The first-order chi connectivity index (χ1) is 6.54. The van der Waals surface area contributed by atoms with Crippen molar-refractivity contribution in [2.24, 2.45) is 0 Å². The summed E-state index contributed by atoms with van der Waals surface area (Å²) in [6.07, 6.45) is 0. The highest BCUT2D eigenvalue weighted by molar-refractivity contribution is 9.10. The number of hydrogen-bond acceptors (Lipinski definition) is 2. The zero-order valence-electron chi connectivity index (χ0n) is 6.60. The fraction of sp³-hybridized carbons (Fsp3) is 0.125. The summed E-state index contributed by atoms with van der Waals surface area (Å²) in [5.41, 5.74) is 0.0241. The van der Waals surface area contributed by atoms with E-state index in [9.17, 15) is 13.2 Å². The van der Waals surface area contributed by atoms with E-state index in [0.29, 0.717) is 0 Å². The fourth-order valence-electron chi connectivity index (χ4n) is 0.826. The van der Waals surface area contributed by atoms with Gasteiger partial charge in [0.1, 0.15) is 0 Å². The number of halogens is 4. The lowest BCUT2D eigenvalue weighted by Crippen LogP contribution is -2.04. The van der Waals surface area contributed by atoms with Crippen LogP contribution in [-0.2, 0) is 0 Å². The van der Waals surface area contributed by atoms with Gasteiger partial charge in [0.25, 0.3) is 0 Å². The Morgan fingerprint density at radius 1 is 1.43 bits per heavy atom. The lowest BCUT2D eigenvalue weighted by atomic mass is 10.2. The van der Waals surface area contributed by atoms with Crippen molar-refractivity contribution in [3.8, 4) is 11.8 Å². The van der Waals surface area contributed by atoms with Crippen LogP contribution >= 0.6 is 15.9 Å². The van der Waals surface area contributed by atoms with Crippen molar-refractivity contribution in [1.82, 2.24) is 0 Å². The summed E-state index contributed by atoms with van der Waals surface area (Å²) in [4.78, 5) is 0. The largest absolute Gasteiger partial charge is 0.430 e. The Balaban J connectivity index is 3.13. The Kier molecular flexibility index (Phi) is 3.36. The molecule has 14 heavy (non-hydrogen) atoms. The van der Waals surface area contributed by atoms with E-state index in [4.69, 9.17) is 5.26 Å². The van der Waals surface area contributed by atoms with Crippen LogP contribution in [0.2, 0.25) is 0 Å². The second-order valence-corrected chi connectivity index (χ2v) is 3.11. The quantitative estimate of drug-likeness (QED) is 0.824. The van der Waals surface area contributed by atoms with E-state index in [0.717, 1.165) is 6.07 Å². The first kappa shape index (κ1) is 10.9. The van der Waals surface area contributed by atoms with E-state index in [1.165, 1.54) is 6.07 Å². The van der Waals surface area contributed by atoms with Gasteiger partial charge in [0.2, 0.25) is 0 Å². The molecule has 74 valence electrons. The summed E-state index contributed by atoms with van der Waals surface area (Å²) in [6, 6.07) is 3.69. The maximum Gasteiger partial charge on any atom is 0.387 e. The van der Waals surface area contributed by atoms with Crippen molar-refractivity contribution >= 4 is 15.9 Å². The van der Waals surface area contributed by atoms with Crippen LogP contribution in [0.15, 0.2) is 16.6 Å². The Labute approximate surface area is 86.0 Å². The summed E-state index contributed by atoms with van der Waals surface area (Å²) >= 11 is 2.82. The molecule has 0 aliphatic heterocycles. The predicted molar refractivity (Wildman–Crippen MR) is 45.4 cm³/mol. The normalized spacial score (nSPS) is 10.0. The molecular weight excluding hydrogens is 263 g/mol. The van der Waals surface area contributed by atoms with Crippen LogP contribution in [0.4, 0.5) is 13.2 Å². The van der Waals surface area contributed by atoms with Gasteiger partial charge in [0, 0.05) is 0 Å². The smallest absolute Gasteiger partial charge is 0.387 e. The number of hydrogen-bond donors (Lipinski definition) is 0. The van der Waals surface area contributed by atoms with Crippen molar-refractivity contribution < 1.29 is 17.9 Å². The zero-order chi connectivity index (χ0) is 10.7. The number of benzene rings is 1. The molecule has 0 radical (unpaired) electrons. The molecule has 0 spiro atoms. The van der Waals surface area contributed by atoms with Crippen LogP contribution in [-0.4, -0.2) is 6.61 Å². The Bertz CT molecular complexity index is 366. The summed E-state index contributed by atoms with van der Waals surface area (Å²) < 4.78 is 40.5. The molecule has 0 N–H and O–H groups in total. The topological polar surface area (TPSA) is 33.0 Å². The van der Waals surface area contributed by atoms with E-state index in [1.54, 1.807) is 6.07 Å². The Morgan fingerprint density at radius 3 is 2.50 bits per heavy atom. The molecule has 1 rings (SSSR count). The second-order valence-electron chi connectivity index (χ2n) is 2.26. The van der Waals surface area contributed by atoms with Gasteiger partial charge < -0.3 is 4.74 Å². The fourth-order valence-corrected chi connectivity index (χ4v) is 1.36. The third-order valence-corrected chi connectivity index (χ3v) is 1.92. The molecule has 0 amide bonds. The minimum atomic E-state index is -3.10. The molecule has 0 aliphatic rings. The van der Waals surface area contributed by atoms with E-state index >= 15 is 0 Å². The maximum absolute atomic E-state index is 13.0. The minimum Gasteiger partial charge on any atom is -0.430 e. The van der Waals surface area contributed by atoms with Gasteiger partial charge in [-0.1, -0.05) is 0 Å². The van der Waals surface area contributed by atoms with Gasteiger partial charge >= 0.3 is 6.61 Å². The number of nitrogens with zero attached hydrogens (tertiary/aromatic N) is 1. The molecule has 0 aliphatic carbocycles. The monoisotopic (exact) mass is 265 g/mol. The molecular formula is C8H3BrF3NO. The van der Waals surface area contributed by atoms with Gasteiger partial charge in [-0.2, -0.15) is 14.0 Å². The van der Waals surface area contributed by atoms with Gasteiger partial charge in [-0.15, -0.1) is 0 Å². The molecule has 1 aromatic carbocycles. The number of nitriles is 1. The highest BCUT2D eigenvalue weighted by Crippen LogP contribution is 2.30. The van der Waals surface area contributed by atoms with Crippen LogP contribution in [0, 0.1) is 17.1 Å². The SMILES string of the molecule is N#Cc1cc(F)c(OC(F)F)c(Br)c1. The third kappa shape index (κ3) is 2.39. The van der Waals surface area contributed by atoms with Gasteiger partial charge in [-0.3, -0.25) is 0 Å². The molecule has 0 atom stereocenters. The summed E-state index contributed by atoms with van der Waals surface area (Å²) in [6.45, 7) is -3.10. The summed E-state index contributed by atoms with van der Waals surface area (Å²) in [5.74, 6) is -1.60. The van der Waals surface area contributed by atoms with E-state index in [-0.39, 0.29) is 10.0 Å². The van der Waals surface area contributed by atoms with Crippen molar-refractivity contribution in [3.63, 3.8) is 0 Å². The van der Waals surface area contributed by atoms with Crippen molar-refractivity contribution in [2.45, 2.75) is 6.61 Å². The molecule has 0 aromatic heterocycles. The van der Waals surface area contributed by atoms with Crippen molar-refractivity contribution in [1.29, 1.82) is 5.26 Å². The highest BCUT2D eigenvalue weighted by atomic mass is 79.9. The van der Waals surface area contributed by atoms with Gasteiger partial charge in [-0.25, -0.2) is 4.39 Å². The van der Waals surface area contributed by atoms with Gasteiger partial charge in [-0.05, 0) is 28.1 Å². The standard InChI is InChI=1S/C8H3BrF3NO/c9-5-1-4(3-13)2-6(10)7(5)14-8(11)12/h1-2,8H. The predicted octanol–water partition coefficient (Wildman–Crippen LogP) is 3.06. The third-order valence-electron chi connectivity index (χ3n) is 1.33. The Hall–Kier alpha value is -1.22. The van der Waals surface area contributed by atoms with E-state index in [1.807, 2.05) is 0 Å². The molecule has 0 fully saturated rings. The average molecular weight is 266 g/mol. The molecule has 1 aromatic rings. The first-order valence-electron chi connectivity index (χ1n) is 3.38. The molecule has 0 saturated heterocycles. The highest BCUT2D eigenvalue weighted by Gasteiger charge is 2.14. The summed E-state index contributed by atoms with van der Waals surface area (Å²) in [7, 11) is 0. The number of ether oxygens (including phenoxy) is 1. The van der Waals surface area contributed by atoms with Crippen LogP contribution < -0.4 is 4.74 Å². The zero-order valence-corrected chi connectivity index (χ0v) is 8.19. The second kappa shape index (κ2) is 4.33. The van der Waals surface area contributed by atoms with Crippen LogP contribution in [0.25, 0.3) is 0 Å². The lowest BCUT2D eigenvalue weighted by molar-refractivity contribution is -0.0527. The average Bonchev–Trinajstić information content (AvgIpc) is 2.10. The van der Waals surface area contributed by atoms with Crippen molar-refractivity contribution in [2.75, 3.05) is 0 Å². The molecule has 0 bridgehead atoms. The van der Waals surface area contributed by atoms with Crippen LogP contribution in [0.1, 0.15) is 5.56 Å². The molecule has 0 unspecified atom stereocenters. The van der Waals surface area contributed by atoms with Crippen LogP contribution in [0.3, 0.4) is 0 Å². The molecule has 0 heterocycles. The summed E-state index contributed by atoms with van der Waals surface area (Å²) in [5, 5.41) is 8.43. The van der Waals surface area contributed by atoms with Gasteiger partial charge in [0.05, 0.1) is 16.1 Å². The van der Waals surface area contributed by atoms with E-state index in [2.05, 4.69) is 20.7 Å². The maximum atomic E-state index is 13.0. The van der Waals surface area contributed by atoms with Crippen LogP contribution in [0.5, 0.6) is 5.75 Å². The van der Waals surface area contributed by atoms with E-state index < -0.39 is 18.2 Å². The Morgan fingerprint density at radius 2 is 2.07 bits per heavy atom.